The van der Waals surface area contributed by atoms with Crippen molar-refractivity contribution in [2.45, 2.75) is 32.1 Å². The van der Waals surface area contributed by atoms with Crippen LogP contribution in [0, 0.1) is 5.82 Å². The SMILES string of the molecule is CNCCCCCCOc1ccc(Cc2ccc(Br)cc2)c(F)c1. The average Bonchev–Trinajstić information content (AvgIpc) is 2.58. The second-order valence-electron chi connectivity index (χ2n) is 5.92. The lowest BCUT2D eigenvalue weighted by Crippen LogP contribution is -2.07. The summed E-state index contributed by atoms with van der Waals surface area (Å²) in [5.41, 5.74) is 1.78. The molecule has 0 spiro atoms. The average molecular weight is 394 g/mol. The van der Waals surface area contributed by atoms with Crippen LogP contribution in [0.5, 0.6) is 5.75 Å². The van der Waals surface area contributed by atoms with E-state index >= 15 is 0 Å². The van der Waals surface area contributed by atoms with Gasteiger partial charge in [-0.05, 0) is 55.8 Å². The van der Waals surface area contributed by atoms with Gasteiger partial charge in [0.05, 0.1) is 6.61 Å². The van der Waals surface area contributed by atoms with Gasteiger partial charge < -0.3 is 10.1 Å². The first kappa shape index (κ1) is 18.9. The lowest BCUT2D eigenvalue weighted by molar-refractivity contribution is 0.303. The first-order valence-corrected chi connectivity index (χ1v) is 9.28. The van der Waals surface area contributed by atoms with Gasteiger partial charge >= 0.3 is 0 Å². The molecule has 2 aromatic rings. The van der Waals surface area contributed by atoms with Crippen LogP contribution in [-0.2, 0) is 6.42 Å². The Kier molecular flexibility index (Phi) is 8.26. The smallest absolute Gasteiger partial charge is 0.130 e. The summed E-state index contributed by atoms with van der Waals surface area (Å²) in [6, 6.07) is 13.1. The highest BCUT2D eigenvalue weighted by Gasteiger charge is 2.06. The van der Waals surface area contributed by atoms with Crippen molar-refractivity contribution in [1.29, 1.82) is 0 Å². The van der Waals surface area contributed by atoms with E-state index in [0.717, 1.165) is 29.4 Å². The van der Waals surface area contributed by atoms with Gasteiger partial charge in [0.2, 0.25) is 0 Å². The summed E-state index contributed by atoms with van der Waals surface area (Å²) >= 11 is 3.41. The first-order chi connectivity index (χ1) is 11.7. The van der Waals surface area contributed by atoms with Crippen molar-refractivity contribution in [3.05, 3.63) is 63.9 Å². The Balaban J connectivity index is 1.78. The molecule has 0 saturated heterocycles. The third-order valence-corrected chi connectivity index (χ3v) is 4.45. The molecular formula is C20H25BrFNO. The molecule has 0 aliphatic rings. The molecule has 0 atom stereocenters. The lowest BCUT2D eigenvalue weighted by Gasteiger charge is -2.09. The molecule has 2 nitrogen and oxygen atoms in total. The van der Waals surface area contributed by atoms with Crippen LogP contribution in [0.1, 0.15) is 36.8 Å². The monoisotopic (exact) mass is 393 g/mol. The van der Waals surface area contributed by atoms with Gasteiger partial charge in [-0.3, -0.25) is 0 Å². The van der Waals surface area contributed by atoms with E-state index in [9.17, 15) is 4.39 Å². The number of hydrogen-bond donors (Lipinski definition) is 1. The van der Waals surface area contributed by atoms with Gasteiger partial charge in [0.15, 0.2) is 0 Å². The molecule has 0 aromatic heterocycles. The minimum absolute atomic E-state index is 0.204. The predicted molar refractivity (Wildman–Crippen MR) is 101 cm³/mol. The Morgan fingerprint density at radius 2 is 1.75 bits per heavy atom. The number of halogens is 2. The number of unbranched alkanes of at least 4 members (excludes halogenated alkanes) is 3. The van der Waals surface area contributed by atoms with Gasteiger partial charge in [0.25, 0.3) is 0 Å². The Labute approximate surface area is 152 Å². The zero-order valence-corrected chi connectivity index (χ0v) is 15.7. The van der Waals surface area contributed by atoms with Crippen molar-refractivity contribution >= 4 is 15.9 Å². The molecule has 0 bridgehead atoms. The minimum atomic E-state index is -0.204. The van der Waals surface area contributed by atoms with Crippen LogP contribution in [-0.4, -0.2) is 20.2 Å². The van der Waals surface area contributed by atoms with Crippen LogP contribution in [0.3, 0.4) is 0 Å². The van der Waals surface area contributed by atoms with E-state index in [2.05, 4.69) is 21.2 Å². The van der Waals surface area contributed by atoms with Gasteiger partial charge in [0, 0.05) is 17.0 Å². The summed E-state index contributed by atoms with van der Waals surface area (Å²) in [4.78, 5) is 0. The fraction of sp³-hybridized carbons (Fsp3) is 0.400. The van der Waals surface area contributed by atoms with E-state index < -0.39 is 0 Å². The third kappa shape index (κ3) is 6.62. The van der Waals surface area contributed by atoms with E-state index in [1.807, 2.05) is 43.4 Å². The summed E-state index contributed by atoms with van der Waals surface area (Å²) in [5.74, 6) is 0.409. The fourth-order valence-corrected chi connectivity index (χ4v) is 2.80. The molecule has 0 fully saturated rings. The van der Waals surface area contributed by atoms with Crippen molar-refractivity contribution in [3.8, 4) is 5.75 Å². The number of hydrogen-bond acceptors (Lipinski definition) is 2. The van der Waals surface area contributed by atoms with Gasteiger partial charge in [-0.15, -0.1) is 0 Å². The van der Waals surface area contributed by atoms with Crippen LogP contribution in [0.25, 0.3) is 0 Å². The molecular weight excluding hydrogens is 369 g/mol. The summed E-state index contributed by atoms with van der Waals surface area (Å²) in [6.45, 7) is 1.71. The minimum Gasteiger partial charge on any atom is -0.493 e. The molecule has 0 aliphatic heterocycles. The molecule has 24 heavy (non-hydrogen) atoms. The zero-order valence-electron chi connectivity index (χ0n) is 14.2. The van der Waals surface area contributed by atoms with Crippen LogP contribution >= 0.6 is 15.9 Å². The maximum Gasteiger partial charge on any atom is 0.130 e. The number of nitrogens with one attached hydrogen (secondary N) is 1. The second-order valence-corrected chi connectivity index (χ2v) is 6.84. The van der Waals surface area contributed by atoms with E-state index in [1.165, 1.54) is 18.9 Å². The van der Waals surface area contributed by atoms with Gasteiger partial charge in [0.1, 0.15) is 11.6 Å². The standard InChI is InChI=1S/C20H25BrFNO/c1-23-12-4-2-3-5-13-24-19-11-8-17(20(22)15-19)14-16-6-9-18(21)10-7-16/h6-11,15,23H,2-5,12-14H2,1H3. The molecule has 2 rings (SSSR count). The Hall–Kier alpha value is -1.39. The van der Waals surface area contributed by atoms with Crippen molar-refractivity contribution in [2.75, 3.05) is 20.2 Å². The number of ether oxygens (including phenoxy) is 1. The van der Waals surface area contributed by atoms with Crippen molar-refractivity contribution in [3.63, 3.8) is 0 Å². The van der Waals surface area contributed by atoms with E-state index in [0.29, 0.717) is 24.3 Å². The summed E-state index contributed by atoms with van der Waals surface area (Å²) in [6.07, 6.45) is 5.13. The van der Waals surface area contributed by atoms with Gasteiger partial charge in [-0.2, -0.15) is 0 Å². The quantitative estimate of drug-likeness (QED) is 0.550. The zero-order chi connectivity index (χ0) is 17.2. The molecule has 0 saturated carbocycles. The van der Waals surface area contributed by atoms with Gasteiger partial charge in [-0.1, -0.05) is 47.0 Å². The highest BCUT2D eigenvalue weighted by atomic mass is 79.9. The number of rotatable bonds is 10. The fourth-order valence-electron chi connectivity index (χ4n) is 2.53. The maximum atomic E-state index is 14.2. The molecule has 130 valence electrons. The molecule has 0 radical (unpaired) electrons. The van der Waals surface area contributed by atoms with E-state index in [1.54, 1.807) is 0 Å². The third-order valence-electron chi connectivity index (χ3n) is 3.92. The molecule has 2 aromatic carbocycles. The van der Waals surface area contributed by atoms with E-state index in [-0.39, 0.29) is 5.82 Å². The molecule has 0 amide bonds. The van der Waals surface area contributed by atoms with Crippen LogP contribution < -0.4 is 10.1 Å². The highest BCUT2D eigenvalue weighted by Crippen LogP contribution is 2.21. The first-order valence-electron chi connectivity index (χ1n) is 8.49. The van der Waals surface area contributed by atoms with Crippen molar-refractivity contribution in [2.24, 2.45) is 0 Å². The summed E-state index contributed by atoms with van der Waals surface area (Å²) in [5, 5.41) is 3.14. The normalized spacial score (nSPS) is 10.8. The Morgan fingerprint density at radius 3 is 2.46 bits per heavy atom. The molecule has 0 unspecified atom stereocenters. The lowest BCUT2D eigenvalue weighted by atomic mass is 10.0. The summed E-state index contributed by atoms with van der Waals surface area (Å²) < 4.78 is 20.9. The van der Waals surface area contributed by atoms with Crippen molar-refractivity contribution in [1.82, 2.24) is 5.32 Å². The van der Waals surface area contributed by atoms with Crippen LogP contribution in [0.2, 0.25) is 0 Å². The van der Waals surface area contributed by atoms with Crippen molar-refractivity contribution < 1.29 is 9.13 Å². The largest absolute Gasteiger partial charge is 0.493 e. The molecule has 0 aliphatic carbocycles. The van der Waals surface area contributed by atoms with Crippen LogP contribution in [0.15, 0.2) is 46.9 Å². The van der Waals surface area contributed by atoms with Crippen LogP contribution in [0.4, 0.5) is 4.39 Å². The maximum absolute atomic E-state index is 14.2. The number of benzene rings is 2. The predicted octanol–water partition coefficient (Wildman–Crippen LogP) is 5.34. The molecule has 1 N–H and O–H groups in total. The Morgan fingerprint density at radius 1 is 1.00 bits per heavy atom. The summed E-state index contributed by atoms with van der Waals surface area (Å²) in [7, 11) is 1.97. The van der Waals surface area contributed by atoms with Gasteiger partial charge in [-0.25, -0.2) is 4.39 Å². The Bertz CT molecular complexity index is 616. The molecule has 0 heterocycles. The topological polar surface area (TPSA) is 21.3 Å². The van der Waals surface area contributed by atoms with E-state index in [4.69, 9.17) is 4.74 Å². The molecule has 4 heteroatoms. The second kappa shape index (κ2) is 10.5. The highest BCUT2D eigenvalue weighted by molar-refractivity contribution is 9.10.